The maximum absolute atomic E-state index is 13.2. The van der Waals surface area contributed by atoms with Gasteiger partial charge in [0.25, 0.3) is 5.91 Å². The fourth-order valence-corrected chi connectivity index (χ4v) is 3.45. The van der Waals surface area contributed by atoms with Gasteiger partial charge in [0.1, 0.15) is 5.82 Å². The van der Waals surface area contributed by atoms with Gasteiger partial charge in [0, 0.05) is 13.1 Å². The van der Waals surface area contributed by atoms with Crippen LogP contribution in [0.25, 0.3) is 5.69 Å². The third-order valence-electron chi connectivity index (χ3n) is 5.30. The van der Waals surface area contributed by atoms with Crippen LogP contribution in [-0.4, -0.2) is 33.7 Å². The topological polar surface area (TPSA) is 50.2 Å². The van der Waals surface area contributed by atoms with E-state index in [-0.39, 0.29) is 11.7 Å². The van der Waals surface area contributed by atoms with E-state index in [2.05, 4.69) is 53.4 Å². The Kier molecular flexibility index (Phi) is 7.36. The molecule has 0 aliphatic heterocycles. The van der Waals surface area contributed by atoms with E-state index in [4.69, 9.17) is 0 Å². The average Bonchev–Trinajstić information content (AvgIpc) is 3.21. The van der Waals surface area contributed by atoms with Crippen molar-refractivity contribution in [2.24, 2.45) is 0 Å². The molecule has 2 aromatic carbocycles. The summed E-state index contributed by atoms with van der Waals surface area (Å²) in [7, 11) is 0. The van der Waals surface area contributed by atoms with Crippen LogP contribution in [0.4, 0.5) is 4.39 Å². The molecule has 6 heteroatoms. The quantitative estimate of drug-likeness (QED) is 0.573. The summed E-state index contributed by atoms with van der Waals surface area (Å²) in [4.78, 5) is 15.1. The number of benzene rings is 2. The fourth-order valence-electron chi connectivity index (χ4n) is 3.45. The molecule has 0 spiro atoms. The van der Waals surface area contributed by atoms with E-state index < -0.39 is 0 Å². The van der Waals surface area contributed by atoms with Crippen LogP contribution >= 0.6 is 0 Å². The third-order valence-corrected chi connectivity index (χ3v) is 5.30. The van der Waals surface area contributed by atoms with Crippen molar-refractivity contribution >= 4 is 5.91 Å². The molecule has 3 rings (SSSR count). The molecule has 0 bridgehead atoms. The van der Waals surface area contributed by atoms with Gasteiger partial charge in [-0.25, -0.2) is 9.07 Å². The first-order chi connectivity index (χ1) is 14.5. The normalized spacial score (nSPS) is 11.1. The standard InChI is InChI=1S/C24H29FN4O/c1-4-23-22(16-27-29(23)21-13-11-20(25)12-14-21)24(30)26-15-18-7-9-19(10-8-18)17-28(5-2)6-3/h7-14,16H,4-6,15,17H2,1-3H3,(H,26,30). The van der Waals surface area contributed by atoms with Gasteiger partial charge < -0.3 is 5.32 Å². The number of aromatic nitrogens is 2. The van der Waals surface area contributed by atoms with Gasteiger partial charge in [-0.15, -0.1) is 0 Å². The molecule has 0 aliphatic carbocycles. The van der Waals surface area contributed by atoms with Crippen molar-refractivity contribution in [2.45, 2.75) is 40.3 Å². The second-order valence-electron chi connectivity index (χ2n) is 7.21. The number of nitrogens with zero attached hydrogens (tertiary/aromatic N) is 3. The summed E-state index contributed by atoms with van der Waals surface area (Å²) in [5.41, 5.74) is 4.39. The monoisotopic (exact) mass is 408 g/mol. The number of nitrogens with one attached hydrogen (secondary N) is 1. The lowest BCUT2D eigenvalue weighted by molar-refractivity contribution is 0.0950. The van der Waals surface area contributed by atoms with Crippen molar-refractivity contribution in [3.8, 4) is 5.69 Å². The Labute approximate surface area is 177 Å². The van der Waals surface area contributed by atoms with Crippen molar-refractivity contribution in [3.05, 3.63) is 82.9 Å². The lowest BCUT2D eigenvalue weighted by Gasteiger charge is -2.18. The summed E-state index contributed by atoms with van der Waals surface area (Å²) in [5.74, 6) is -0.461. The Morgan fingerprint density at radius 3 is 2.23 bits per heavy atom. The van der Waals surface area contributed by atoms with Gasteiger partial charge in [-0.3, -0.25) is 9.69 Å². The molecular formula is C24H29FN4O. The van der Waals surface area contributed by atoms with E-state index in [1.54, 1.807) is 23.0 Å². The minimum Gasteiger partial charge on any atom is -0.348 e. The molecule has 5 nitrogen and oxygen atoms in total. The molecular weight excluding hydrogens is 379 g/mol. The van der Waals surface area contributed by atoms with Crippen LogP contribution in [0.15, 0.2) is 54.7 Å². The van der Waals surface area contributed by atoms with Gasteiger partial charge in [0.2, 0.25) is 0 Å². The Morgan fingerprint density at radius 2 is 1.63 bits per heavy atom. The lowest BCUT2D eigenvalue weighted by atomic mass is 10.1. The van der Waals surface area contributed by atoms with E-state index in [0.29, 0.717) is 18.5 Å². The molecule has 1 heterocycles. The van der Waals surface area contributed by atoms with E-state index in [0.717, 1.165) is 36.6 Å². The average molecular weight is 409 g/mol. The van der Waals surface area contributed by atoms with E-state index in [9.17, 15) is 9.18 Å². The van der Waals surface area contributed by atoms with Crippen LogP contribution in [0, 0.1) is 5.82 Å². The minimum absolute atomic E-state index is 0.160. The molecule has 0 unspecified atom stereocenters. The molecule has 0 saturated heterocycles. The highest BCUT2D eigenvalue weighted by Gasteiger charge is 2.17. The van der Waals surface area contributed by atoms with Gasteiger partial charge >= 0.3 is 0 Å². The molecule has 30 heavy (non-hydrogen) atoms. The van der Waals surface area contributed by atoms with Crippen LogP contribution in [0.1, 0.15) is 48.0 Å². The third kappa shape index (κ3) is 5.13. The Bertz CT molecular complexity index is 960. The van der Waals surface area contributed by atoms with Crippen molar-refractivity contribution in [3.63, 3.8) is 0 Å². The number of hydrogen-bond acceptors (Lipinski definition) is 3. The van der Waals surface area contributed by atoms with Gasteiger partial charge in [-0.1, -0.05) is 45.0 Å². The maximum atomic E-state index is 13.2. The van der Waals surface area contributed by atoms with Crippen LogP contribution in [0.3, 0.4) is 0 Å². The van der Waals surface area contributed by atoms with E-state index in [1.165, 1.54) is 17.7 Å². The molecule has 0 fully saturated rings. The summed E-state index contributed by atoms with van der Waals surface area (Å²) in [6.45, 7) is 9.74. The first-order valence-electron chi connectivity index (χ1n) is 10.5. The maximum Gasteiger partial charge on any atom is 0.255 e. The first-order valence-corrected chi connectivity index (χ1v) is 10.5. The highest BCUT2D eigenvalue weighted by molar-refractivity contribution is 5.95. The number of halogens is 1. The molecule has 0 saturated carbocycles. The SMILES string of the molecule is CCc1c(C(=O)NCc2ccc(CN(CC)CC)cc2)cnn1-c1ccc(F)cc1. The second-order valence-corrected chi connectivity index (χ2v) is 7.21. The lowest BCUT2D eigenvalue weighted by Crippen LogP contribution is -2.24. The van der Waals surface area contributed by atoms with Crippen molar-refractivity contribution in [1.29, 1.82) is 0 Å². The van der Waals surface area contributed by atoms with Gasteiger partial charge in [-0.2, -0.15) is 5.10 Å². The first kappa shape index (κ1) is 21.7. The van der Waals surface area contributed by atoms with Gasteiger partial charge in [0.15, 0.2) is 0 Å². The van der Waals surface area contributed by atoms with Gasteiger partial charge in [0.05, 0.1) is 23.1 Å². The van der Waals surface area contributed by atoms with Crippen LogP contribution in [0.2, 0.25) is 0 Å². The molecule has 1 amide bonds. The van der Waals surface area contributed by atoms with Crippen molar-refractivity contribution in [1.82, 2.24) is 20.0 Å². The smallest absolute Gasteiger partial charge is 0.255 e. The summed E-state index contributed by atoms with van der Waals surface area (Å²) in [5, 5.41) is 7.33. The largest absolute Gasteiger partial charge is 0.348 e. The predicted molar refractivity (Wildman–Crippen MR) is 117 cm³/mol. The summed E-state index contributed by atoms with van der Waals surface area (Å²) < 4.78 is 14.9. The van der Waals surface area contributed by atoms with E-state index >= 15 is 0 Å². The summed E-state index contributed by atoms with van der Waals surface area (Å²) in [6.07, 6.45) is 2.21. The zero-order valence-corrected chi connectivity index (χ0v) is 17.9. The minimum atomic E-state index is -0.301. The van der Waals surface area contributed by atoms with Crippen molar-refractivity contribution < 1.29 is 9.18 Å². The van der Waals surface area contributed by atoms with Crippen molar-refractivity contribution in [2.75, 3.05) is 13.1 Å². The van der Waals surface area contributed by atoms with Gasteiger partial charge in [-0.05, 0) is 54.9 Å². The molecule has 3 aromatic rings. The van der Waals surface area contributed by atoms with E-state index in [1.807, 2.05) is 6.92 Å². The van der Waals surface area contributed by atoms with Crippen LogP contribution in [-0.2, 0) is 19.5 Å². The molecule has 0 aliphatic rings. The number of amides is 1. The van der Waals surface area contributed by atoms with Crippen LogP contribution < -0.4 is 5.32 Å². The summed E-state index contributed by atoms with van der Waals surface area (Å²) in [6, 6.07) is 14.4. The molecule has 1 aromatic heterocycles. The number of rotatable bonds is 9. The Hall–Kier alpha value is -2.99. The Morgan fingerprint density at radius 1 is 1.00 bits per heavy atom. The number of carbonyl (C=O) groups excluding carboxylic acids is 1. The predicted octanol–water partition coefficient (Wildman–Crippen LogP) is 4.35. The molecule has 0 radical (unpaired) electrons. The molecule has 158 valence electrons. The fraction of sp³-hybridized carbons (Fsp3) is 0.333. The highest BCUT2D eigenvalue weighted by atomic mass is 19.1. The van der Waals surface area contributed by atoms with Crippen LogP contribution in [0.5, 0.6) is 0 Å². The summed E-state index contributed by atoms with van der Waals surface area (Å²) >= 11 is 0. The highest BCUT2D eigenvalue weighted by Crippen LogP contribution is 2.17. The Balaban J connectivity index is 1.66. The molecule has 0 atom stereocenters. The second kappa shape index (κ2) is 10.2. The molecule has 1 N–H and O–H groups in total. The zero-order valence-electron chi connectivity index (χ0n) is 17.9. The number of hydrogen-bond donors (Lipinski definition) is 1. The number of carbonyl (C=O) groups is 1. The zero-order chi connectivity index (χ0) is 21.5.